The molecule has 1 fully saturated rings. The molecule has 0 amide bonds. The Morgan fingerprint density at radius 1 is 1.62 bits per heavy atom. The van der Waals surface area contributed by atoms with Gasteiger partial charge in [0.1, 0.15) is 6.10 Å². The van der Waals surface area contributed by atoms with Gasteiger partial charge < -0.3 is 9.84 Å². The average Bonchev–Trinajstić information content (AvgIpc) is 2.47. The lowest BCUT2D eigenvalue weighted by atomic mass is 9.99. The average molecular weight is 410 g/mol. The van der Waals surface area contributed by atoms with Crippen LogP contribution < -0.4 is 0 Å². The Balaban J connectivity index is 2.39. The molecule has 1 N–H and O–H groups in total. The number of cyclic esters (lactones) is 1. The molecule has 0 radical (unpaired) electrons. The molecule has 13 heavy (non-hydrogen) atoms. The molecule has 0 saturated carbocycles. The Kier molecular flexibility index (Phi) is 5.24. The molecule has 0 spiro atoms. The quantitative estimate of drug-likeness (QED) is 0.435. The normalized spacial score (nSPS) is 30.2. The second-order valence-corrected chi connectivity index (χ2v) is 4.95. The van der Waals surface area contributed by atoms with Crippen molar-refractivity contribution in [3.8, 4) is 0 Å². The van der Waals surface area contributed by atoms with Crippen LogP contribution in [0.2, 0.25) is 0 Å². The number of halogens is 2. The summed E-state index contributed by atoms with van der Waals surface area (Å²) in [6.45, 7) is 0. The second kappa shape index (κ2) is 5.69. The van der Waals surface area contributed by atoms with E-state index in [1.807, 2.05) is 0 Å². The Morgan fingerprint density at radius 3 is 2.77 bits per heavy atom. The highest BCUT2D eigenvalue weighted by Gasteiger charge is 2.34. The summed E-state index contributed by atoms with van der Waals surface area (Å²) in [4.78, 5) is 11.3. The van der Waals surface area contributed by atoms with Crippen molar-refractivity contribution in [1.29, 1.82) is 0 Å². The minimum absolute atomic E-state index is 0.0690. The van der Waals surface area contributed by atoms with Crippen molar-refractivity contribution in [2.24, 2.45) is 5.92 Å². The van der Waals surface area contributed by atoms with Crippen LogP contribution in [0.5, 0.6) is 0 Å². The molecule has 0 bridgehead atoms. The standard InChI is InChI=1S/C8H12I2O3/c9-3-6(11)1-5-2-7(4-10)13-8(5)12/h5-7,11H,1-4H2/t5-,6+,7-/m1/s1. The maximum Gasteiger partial charge on any atom is 0.309 e. The highest BCUT2D eigenvalue weighted by atomic mass is 127. The Bertz CT molecular complexity index is 186. The molecule has 3 atom stereocenters. The number of alkyl halides is 2. The van der Waals surface area contributed by atoms with Crippen LogP contribution >= 0.6 is 45.2 Å². The topological polar surface area (TPSA) is 46.5 Å². The SMILES string of the molecule is O=C1O[C@@H](CI)C[C@H]1C[C@H](O)CI. The van der Waals surface area contributed by atoms with E-state index in [9.17, 15) is 9.90 Å². The second-order valence-electron chi connectivity index (χ2n) is 3.19. The summed E-state index contributed by atoms with van der Waals surface area (Å²) in [7, 11) is 0. The molecule has 0 aromatic carbocycles. The van der Waals surface area contributed by atoms with Gasteiger partial charge in [-0.1, -0.05) is 45.2 Å². The third-order valence-electron chi connectivity index (χ3n) is 2.07. The largest absolute Gasteiger partial charge is 0.461 e. The zero-order chi connectivity index (χ0) is 9.84. The van der Waals surface area contributed by atoms with Gasteiger partial charge in [-0.3, -0.25) is 4.79 Å². The molecule has 1 heterocycles. The van der Waals surface area contributed by atoms with E-state index in [1.165, 1.54) is 0 Å². The molecule has 0 aromatic rings. The first-order valence-corrected chi connectivity index (χ1v) is 7.23. The Hall–Kier alpha value is 0.890. The Morgan fingerprint density at radius 2 is 2.31 bits per heavy atom. The first kappa shape index (κ1) is 12.0. The maximum absolute atomic E-state index is 11.3. The first-order valence-electron chi connectivity index (χ1n) is 4.17. The number of hydrogen-bond donors (Lipinski definition) is 1. The van der Waals surface area contributed by atoms with Gasteiger partial charge >= 0.3 is 5.97 Å². The Labute approximate surface area is 105 Å². The molecule has 3 nitrogen and oxygen atoms in total. The van der Waals surface area contributed by atoms with Gasteiger partial charge in [-0.15, -0.1) is 0 Å². The van der Waals surface area contributed by atoms with Crippen molar-refractivity contribution >= 4 is 51.2 Å². The number of ether oxygens (including phenoxy) is 1. The third-order valence-corrected chi connectivity index (χ3v) is 4.07. The van der Waals surface area contributed by atoms with Gasteiger partial charge in [-0.2, -0.15) is 0 Å². The monoisotopic (exact) mass is 410 g/mol. The smallest absolute Gasteiger partial charge is 0.309 e. The summed E-state index contributed by atoms with van der Waals surface area (Å²) in [5, 5.41) is 9.38. The summed E-state index contributed by atoms with van der Waals surface area (Å²) in [5.74, 6) is -0.213. The fraction of sp³-hybridized carbons (Fsp3) is 0.875. The molecular weight excluding hydrogens is 398 g/mol. The van der Waals surface area contributed by atoms with Crippen LogP contribution in [0.15, 0.2) is 0 Å². The van der Waals surface area contributed by atoms with Crippen LogP contribution in [0.4, 0.5) is 0 Å². The lowest BCUT2D eigenvalue weighted by molar-refractivity contribution is -0.144. The van der Waals surface area contributed by atoms with Crippen molar-refractivity contribution in [3.05, 3.63) is 0 Å². The van der Waals surface area contributed by atoms with Crippen LogP contribution in [0.1, 0.15) is 12.8 Å². The first-order chi connectivity index (χ1) is 6.17. The lowest BCUT2D eigenvalue weighted by Crippen LogP contribution is -2.18. The van der Waals surface area contributed by atoms with Crippen molar-refractivity contribution < 1.29 is 14.6 Å². The van der Waals surface area contributed by atoms with Gasteiger partial charge in [0, 0.05) is 8.86 Å². The van der Waals surface area contributed by atoms with Gasteiger partial charge in [-0.05, 0) is 12.8 Å². The fourth-order valence-electron chi connectivity index (χ4n) is 1.40. The third kappa shape index (κ3) is 3.50. The molecule has 76 valence electrons. The minimum atomic E-state index is -0.369. The van der Waals surface area contributed by atoms with Gasteiger partial charge in [0.05, 0.1) is 12.0 Å². The highest BCUT2D eigenvalue weighted by molar-refractivity contribution is 14.1. The van der Waals surface area contributed by atoms with E-state index in [-0.39, 0.29) is 24.1 Å². The van der Waals surface area contributed by atoms with Gasteiger partial charge in [-0.25, -0.2) is 0 Å². The molecule has 1 rings (SSSR count). The minimum Gasteiger partial charge on any atom is -0.461 e. The van der Waals surface area contributed by atoms with Crippen molar-refractivity contribution in [3.63, 3.8) is 0 Å². The predicted octanol–water partition coefficient (Wildman–Crippen LogP) is 1.54. The van der Waals surface area contributed by atoms with Crippen molar-refractivity contribution in [2.45, 2.75) is 25.0 Å². The number of esters is 1. The van der Waals surface area contributed by atoms with E-state index in [4.69, 9.17) is 4.74 Å². The van der Waals surface area contributed by atoms with E-state index in [0.29, 0.717) is 10.8 Å². The molecule has 5 heteroatoms. The fourth-order valence-corrected chi connectivity index (χ4v) is 2.30. The number of rotatable bonds is 4. The lowest BCUT2D eigenvalue weighted by Gasteiger charge is -2.09. The maximum atomic E-state index is 11.3. The number of hydrogen-bond acceptors (Lipinski definition) is 3. The van der Waals surface area contributed by atoms with Gasteiger partial charge in [0.25, 0.3) is 0 Å². The molecule has 0 unspecified atom stereocenters. The highest BCUT2D eigenvalue weighted by Crippen LogP contribution is 2.26. The van der Waals surface area contributed by atoms with Gasteiger partial charge in [0.15, 0.2) is 0 Å². The van der Waals surface area contributed by atoms with Crippen LogP contribution in [0.3, 0.4) is 0 Å². The van der Waals surface area contributed by atoms with E-state index in [1.54, 1.807) is 0 Å². The summed E-state index contributed by atoms with van der Waals surface area (Å²) >= 11 is 4.33. The number of carbonyl (C=O) groups excluding carboxylic acids is 1. The van der Waals surface area contributed by atoms with E-state index in [0.717, 1.165) is 10.8 Å². The summed E-state index contributed by atoms with van der Waals surface area (Å²) in [6, 6.07) is 0. The number of carbonyl (C=O) groups is 1. The summed E-state index contributed by atoms with van der Waals surface area (Å²) in [5.41, 5.74) is 0. The molecule has 1 saturated heterocycles. The molecule has 0 aromatic heterocycles. The van der Waals surface area contributed by atoms with E-state index in [2.05, 4.69) is 45.2 Å². The van der Waals surface area contributed by atoms with Crippen LogP contribution in [-0.2, 0) is 9.53 Å². The van der Waals surface area contributed by atoms with Crippen molar-refractivity contribution in [2.75, 3.05) is 8.86 Å². The van der Waals surface area contributed by atoms with E-state index < -0.39 is 0 Å². The summed E-state index contributed by atoms with van der Waals surface area (Å²) in [6.07, 6.45) is 1.02. The predicted molar refractivity (Wildman–Crippen MR) is 66.4 cm³/mol. The molecular formula is C8H12I2O3. The van der Waals surface area contributed by atoms with Crippen molar-refractivity contribution in [1.82, 2.24) is 0 Å². The van der Waals surface area contributed by atoms with Crippen LogP contribution in [0.25, 0.3) is 0 Å². The number of aliphatic hydroxyl groups excluding tert-OH is 1. The molecule has 1 aliphatic rings. The summed E-state index contributed by atoms with van der Waals surface area (Å²) < 4.78 is 6.63. The molecule has 0 aliphatic carbocycles. The van der Waals surface area contributed by atoms with Crippen LogP contribution in [0, 0.1) is 5.92 Å². The van der Waals surface area contributed by atoms with E-state index >= 15 is 0 Å². The number of aliphatic hydroxyl groups is 1. The molecule has 1 aliphatic heterocycles. The zero-order valence-corrected chi connectivity index (χ0v) is 11.4. The van der Waals surface area contributed by atoms with Crippen LogP contribution in [-0.4, -0.2) is 32.1 Å². The zero-order valence-electron chi connectivity index (χ0n) is 7.08. The van der Waals surface area contributed by atoms with Gasteiger partial charge in [0.2, 0.25) is 0 Å².